The minimum atomic E-state index is 0.0112. The number of hydrogen-bond acceptors (Lipinski definition) is 3. The van der Waals surface area contributed by atoms with Gasteiger partial charge in [-0.05, 0) is 30.5 Å². The molecule has 0 atom stereocenters. The Balaban J connectivity index is 2.25. The molecule has 0 saturated carbocycles. The maximum atomic E-state index is 11.6. The van der Waals surface area contributed by atoms with Crippen molar-refractivity contribution in [1.82, 2.24) is 5.32 Å². The first-order chi connectivity index (χ1) is 8.76. The standard InChI is InChI=1S/C14H18N2O2/c1-18-9-3-2-8-16-14(17)10-12-4-6-13(11-15)7-5-12/h4-7H,2-3,8-10H2,1H3,(H,16,17). The van der Waals surface area contributed by atoms with Gasteiger partial charge in [0.15, 0.2) is 0 Å². The Morgan fingerprint density at radius 1 is 1.33 bits per heavy atom. The van der Waals surface area contributed by atoms with Crippen molar-refractivity contribution in [2.24, 2.45) is 0 Å². The van der Waals surface area contributed by atoms with E-state index in [1.54, 1.807) is 19.2 Å². The largest absolute Gasteiger partial charge is 0.385 e. The summed E-state index contributed by atoms with van der Waals surface area (Å²) in [6, 6.07) is 9.11. The summed E-state index contributed by atoms with van der Waals surface area (Å²) in [4.78, 5) is 11.6. The summed E-state index contributed by atoms with van der Waals surface area (Å²) in [6.07, 6.45) is 2.23. The number of methoxy groups -OCH3 is 1. The molecule has 18 heavy (non-hydrogen) atoms. The third kappa shape index (κ3) is 5.46. The van der Waals surface area contributed by atoms with Crippen LogP contribution >= 0.6 is 0 Å². The highest BCUT2D eigenvalue weighted by Crippen LogP contribution is 2.04. The van der Waals surface area contributed by atoms with Crippen LogP contribution in [0.3, 0.4) is 0 Å². The van der Waals surface area contributed by atoms with Gasteiger partial charge >= 0.3 is 0 Å². The van der Waals surface area contributed by atoms with E-state index < -0.39 is 0 Å². The molecule has 0 aliphatic heterocycles. The van der Waals surface area contributed by atoms with E-state index >= 15 is 0 Å². The fourth-order valence-electron chi connectivity index (χ4n) is 1.54. The number of hydrogen-bond donors (Lipinski definition) is 1. The van der Waals surface area contributed by atoms with Crippen molar-refractivity contribution in [1.29, 1.82) is 5.26 Å². The number of amides is 1. The van der Waals surface area contributed by atoms with Crippen molar-refractivity contribution >= 4 is 5.91 Å². The normalized spacial score (nSPS) is 9.78. The summed E-state index contributed by atoms with van der Waals surface area (Å²) in [5, 5.41) is 11.5. The van der Waals surface area contributed by atoms with Crippen molar-refractivity contribution < 1.29 is 9.53 Å². The van der Waals surface area contributed by atoms with E-state index in [-0.39, 0.29) is 5.91 Å². The molecule has 0 heterocycles. The molecule has 0 aliphatic carbocycles. The van der Waals surface area contributed by atoms with Gasteiger partial charge in [0.05, 0.1) is 18.1 Å². The van der Waals surface area contributed by atoms with Crippen LogP contribution in [0, 0.1) is 11.3 Å². The summed E-state index contributed by atoms with van der Waals surface area (Å²) in [6.45, 7) is 1.41. The van der Waals surface area contributed by atoms with Crippen LogP contribution in [0.4, 0.5) is 0 Å². The van der Waals surface area contributed by atoms with Gasteiger partial charge in [-0.25, -0.2) is 0 Å². The summed E-state index contributed by atoms with van der Waals surface area (Å²) in [5.74, 6) is 0.0112. The molecule has 0 unspecified atom stereocenters. The number of nitrogens with one attached hydrogen (secondary N) is 1. The predicted molar refractivity (Wildman–Crippen MR) is 69.0 cm³/mol. The third-order valence-electron chi connectivity index (χ3n) is 2.55. The number of ether oxygens (including phenoxy) is 1. The van der Waals surface area contributed by atoms with Gasteiger partial charge in [-0.15, -0.1) is 0 Å². The molecule has 0 spiro atoms. The first-order valence-electron chi connectivity index (χ1n) is 6.01. The Morgan fingerprint density at radius 2 is 2.06 bits per heavy atom. The van der Waals surface area contributed by atoms with E-state index in [1.165, 1.54) is 0 Å². The van der Waals surface area contributed by atoms with Crippen LogP contribution in [0.25, 0.3) is 0 Å². The van der Waals surface area contributed by atoms with Crippen molar-refractivity contribution in [3.05, 3.63) is 35.4 Å². The fourth-order valence-corrected chi connectivity index (χ4v) is 1.54. The molecule has 0 fully saturated rings. The van der Waals surface area contributed by atoms with Crippen LogP contribution in [-0.2, 0) is 16.0 Å². The number of carbonyl (C=O) groups excluding carboxylic acids is 1. The van der Waals surface area contributed by atoms with Gasteiger partial charge in [0.1, 0.15) is 0 Å². The van der Waals surface area contributed by atoms with Gasteiger partial charge in [0, 0.05) is 20.3 Å². The molecule has 0 bridgehead atoms. The van der Waals surface area contributed by atoms with Crippen LogP contribution < -0.4 is 5.32 Å². The number of nitriles is 1. The maximum absolute atomic E-state index is 11.6. The van der Waals surface area contributed by atoms with Gasteiger partial charge in [-0.2, -0.15) is 5.26 Å². The molecule has 4 heteroatoms. The van der Waals surface area contributed by atoms with Crippen molar-refractivity contribution in [3.8, 4) is 6.07 Å². The Bertz CT molecular complexity index is 407. The topological polar surface area (TPSA) is 62.1 Å². The Kier molecular flexibility index (Phi) is 6.52. The zero-order valence-corrected chi connectivity index (χ0v) is 10.6. The Morgan fingerprint density at radius 3 is 2.67 bits per heavy atom. The van der Waals surface area contributed by atoms with Crippen LogP contribution in [0.15, 0.2) is 24.3 Å². The lowest BCUT2D eigenvalue weighted by atomic mass is 10.1. The van der Waals surface area contributed by atoms with Crippen molar-refractivity contribution in [2.75, 3.05) is 20.3 Å². The molecule has 1 amide bonds. The van der Waals surface area contributed by atoms with Crippen LogP contribution in [0.1, 0.15) is 24.0 Å². The highest BCUT2D eigenvalue weighted by atomic mass is 16.5. The smallest absolute Gasteiger partial charge is 0.224 e. The van der Waals surface area contributed by atoms with Gasteiger partial charge in [0.25, 0.3) is 0 Å². The van der Waals surface area contributed by atoms with Gasteiger partial charge in [0.2, 0.25) is 5.91 Å². The first-order valence-corrected chi connectivity index (χ1v) is 6.01. The molecule has 96 valence electrons. The lowest BCUT2D eigenvalue weighted by Crippen LogP contribution is -2.26. The average Bonchev–Trinajstić information content (AvgIpc) is 2.39. The number of benzene rings is 1. The van der Waals surface area contributed by atoms with E-state index in [4.69, 9.17) is 10.00 Å². The molecule has 1 aromatic carbocycles. The van der Waals surface area contributed by atoms with Crippen molar-refractivity contribution in [2.45, 2.75) is 19.3 Å². The van der Waals surface area contributed by atoms with Crippen LogP contribution in [0.2, 0.25) is 0 Å². The number of carbonyl (C=O) groups is 1. The molecule has 0 radical (unpaired) electrons. The minimum absolute atomic E-state index is 0.0112. The molecule has 1 rings (SSSR count). The van der Waals surface area contributed by atoms with E-state index in [9.17, 15) is 4.79 Å². The third-order valence-corrected chi connectivity index (χ3v) is 2.55. The number of rotatable bonds is 7. The SMILES string of the molecule is COCCCCNC(=O)Cc1ccc(C#N)cc1. The zero-order chi connectivity index (χ0) is 13.2. The predicted octanol–water partition coefficient (Wildman–Crippen LogP) is 1.64. The molecule has 1 N–H and O–H groups in total. The molecular formula is C14H18N2O2. The van der Waals surface area contributed by atoms with Crippen LogP contribution in [-0.4, -0.2) is 26.2 Å². The second-order valence-electron chi connectivity index (χ2n) is 4.04. The van der Waals surface area contributed by atoms with E-state index in [1.807, 2.05) is 18.2 Å². The quantitative estimate of drug-likeness (QED) is 0.744. The van der Waals surface area contributed by atoms with Gasteiger partial charge in [-0.1, -0.05) is 12.1 Å². The van der Waals surface area contributed by atoms with Gasteiger partial charge in [-0.3, -0.25) is 4.79 Å². The number of nitrogens with zero attached hydrogens (tertiary/aromatic N) is 1. The molecule has 0 saturated heterocycles. The molecule has 4 nitrogen and oxygen atoms in total. The molecule has 1 aromatic rings. The van der Waals surface area contributed by atoms with Crippen LogP contribution in [0.5, 0.6) is 0 Å². The Hall–Kier alpha value is -1.86. The second kappa shape index (κ2) is 8.26. The molecule has 0 aliphatic rings. The second-order valence-corrected chi connectivity index (χ2v) is 4.04. The maximum Gasteiger partial charge on any atom is 0.224 e. The van der Waals surface area contributed by atoms with E-state index in [2.05, 4.69) is 5.32 Å². The lowest BCUT2D eigenvalue weighted by Gasteiger charge is -2.05. The van der Waals surface area contributed by atoms with Crippen molar-refractivity contribution in [3.63, 3.8) is 0 Å². The fraction of sp³-hybridized carbons (Fsp3) is 0.429. The summed E-state index contributed by atoms with van der Waals surface area (Å²) in [5.41, 5.74) is 1.53. The lowest BCUT2D eigenvalue weighted by molar-refractivity contribution is -0.120. The minimum Gasteiger partial charge on any atom is -0.385 e. The summed E-state index contributed by atoms with van der Waals surface area (Å²) < 4.78 is 4.93. The van der Waals surface area contributed by atoms with Gasteiger partial charge < -0.3 is 10.1 Å². The first kappa shape index (κ1) is 14.2. The molecular weight excluding hydrogens is 228 g/mol. The summed E-state index contributed by atoms with van der Waals surface area (Å²) in [7, 11) is 1.67. The highest BCUT2D eigenvalue weighted by Gasteiger charge is 2.02. The number of unbranched alkanes of at least 4 members (excludes halogenated alkanes) is 1. The van der Waals surface area contributed by atoms with E-state index in [0.717, 1.165) is 25.0 Å². The summed E-state index contributed by atoms with van der Waals surface area (Å²) >= 11 is 0. The van der Waals surface area contributed by atoms with E-state index in [0.29, 0.717) is 18.5 Å². The molecule has 0 aromatic heterocycles. The monoisotopic (exact) mass is 246 g/mol. The zero-order valence-electron chi connectivity index (χ0n) is 10.6. The average molecular weight is 246 g/mol. The highest BCUT2D eigenvalue weighted by molar-refractivity contribution is 5.78. The Labute approximate surface area is 108 Å².